The molecule has 0 aromatic heterocycles. The molecule has 0 heterocycles. The van der Waals surface area contributed by atoms with E-state index >= 15 is 0 Å². The minimum absolute atomic E-state index is 0.0278. The average Bonchev–Trinajstić information content (AvgIpc) is 3.08. The lowest BCUT2D eigenvalue weighted by atomic mass is 10.2. The van der Waals surface area contributed by atoms with Crippen LogP contribution in [0.5, 0.6) is 0 Å². The van der Waals surface area contributed by atoms with E-state index in [2.05, 4.69) is 15.4 Å². The van der Waals surface area contributed by atoms with Crippen molar-refractivity contribution >= 4 is 23.3 Å². The molecule has 6 nitrogen and oxygen atoms in total. The second-order valence-electron chi connectivity index (χ2n) is 5.37. The standard InChI is InChI=1S/C17H22N2O4/c1-22-16(20)11-15(17(21)23-2)19-14-10-6-5-9-13(14)18-12-7-3-4-8-12/h5-6,9-12,18-19H,3-4,7-8H2,1-2H3/b15-11+. The summed E-state index contributed by atoms with van der Waals surface area (Å²) in [6.45, 7) is 0. The van der Waals surface area contributed by atoms with Crippen LogP contribution in [-0.2, 0) is 19.1 Å². The SMILES string of the molecule is COC(=O)/C=C(/Nc1ccccc1NC1CCCC1)C(=O)OC. The number of rotatable bonds is 6. The van der Waals surface area contributed by atoms with Crippen LogP contribution in [0, 0.1) is 0 Å². The van der Waals surface area contributed by atoms with Gasteiger partial charge in [0.15, 0.2) is 0 Å². The molecule has 0 radical (unpaired) electrons. The van der Waals surface area contributed by atoms with Crippen molar-refractivity contribution in [3.05, 3.63) is 36.0 Å². The Balaban J connectivity index is 2.20. The highest BCUT2D eigenvalue weighted by molar-refractivity contribution is 5.99. The zero-order valence-corrected chi connectivity index (χ0v) is 13.4. The maximum atomic E-state index is 11.8. The molecule has 0 spiro atoms. The molecule has 1 aliphatic carbocycles. The van der Waals surface area contributed by atoms with Crippen molar-refractivity contribution in [3.63, 3.8) is 0 Å². The number of ether oxygens (including phenoxy) is 2. The number of hydrogen-bond donors (Lipinski definition) is 2. The van der Waals surface area contributed by atoms with Crippen molar-refractivity contribution in [2.45, 2.75) is 31.7 Å². The number of carbonyl (C=O) groups excluding carboxylic acids is 2. The van der Waals surface area contributed by atoms with Crippen molar-refractivity contribution in [2.24, 2.45) is 0 Å². The van der Waals surface area contributed by atoms with Crippen LogP contribution in [0.1, 0.15) is 25.7 Å². The summed E-state index contributed by atoms with van der Waals surface area (Å²) in [6.07, 6.45) is 5.80. The van der Waals surface area contributed by atoms with Gasteiger partial charge in [0.05, 0.1) is 31.7 Å². The first-order valence-electron chi connectivity index (χ1n) is 7.64. The van der Waals surface area contributed by atoms with Gasteiger partial charge in [-0.25, -0.2) is 9.59 Å². The smallest absolute Gasteiger partial charge is 0.354 e. The molecule has 2 rings (SSSR count). The van der Waals surface area contributed by atoms with Gasteiger partial charge in [-0.3, -0.25) is 0 Å². The topological polar surface area (TPSA) is 76.7 Å². The molecule has 1 aromatic rings. The number of hydrogen-bond acceptors (Lipinski definition) is 6. The fourth-order valence-electron chi connectivity index (χ4n) is 2.59. The maximum absolute atomic E-state index is 11.8. The van der Waals surface area contributed by atoms with Crippen molar-refractivity contribution < 1.29 is 19.1 Å². The van der Waals surface area contributed by atoms with Crippen molar-refractivity contribution in [1.82, 2.24) is 0 Å². The molecule has 6 heteroatoms. The third-order valence-electron chi connectivity index (χ3n) is 3.78. The molecular formula is C17H22N2O4. The summed E-state index contributed by atoms with van der Waals surface area (Å²) < 4.78 is 9.28. The summed E-state index contributed by atoms with van der Waals surface area (Å²) >= 11 is 0. The molecule has 1 aromatic carbocycles. The summed E-state index contributed by atoms with van der Waals surface area (Å²) in [5.41, 5.74) is 1.62. The first kappa shape index (κ1) is 16.9. The van der Waals surface area contributed by atoms with Crippen LogP contribution < -0.4 is 10.6 Å². The summed E-state index contributed by atoms with van der Waals surface area (Å²) in [5.74, 6) is -1.26. The van der Waals surface area contributed by atoms with E-state index in [0.717, 1.165) is 24.6 Å². The van der Waals surface area contributed by atoms with Gasteiger partial charge >= 0.3 is 11.9 Å². The number of carbonyl (C=O) groups is 2. The molecule has 1 saturated carbocycles. The van der Waals surface area contributed by atoms with Crippen LogP contribution in [0.2, 0.25) is 0 Å². The molecule has 0 unspecified atom stereocenters. The molecule has 0 atom stereocenters. The molecular weight excluding hydrogens is 296 g/mol. The van der Waals surface area contributed by atoms with E-state index in [-0.39, 0.29) is 5.70 Å². The number of para-hydroxylation sites is 2. The van der Waals surface area contributed by atoms with Crippen LogP contribution in [0.25, 0.3) is 0 Å². The monoisotopic (exact) mass is 318 g/mol. The lowest BCUT2D eigenvalue weighted by Crippen LogP contribution is -2.19. The third kappa shape index (κ3) is 4.74. The number of benzene rings is 1. The van der Waals surface area contributed by atoms with Crippen LogP contribution in [0.4, 0.5) is 11.4 Å². The van der Waals surface area contributed by atoms with Crippen molar-refractivity contribution in [3.8, 4) is 0 Å². The predicted molar refractivity (Wildman–Crippen MR) is 88.1 cm³/mol. The lowest BCUT2D eigenvalue weighted by Gasteiger charge is -2.18. The normalized spacial score (nSPS) is 15.1. The Hall–Kier alpha value is -2.50. The highest BCUT2D eigenvalue weighted by Gasteiger charge is 2.18. The van der Waals surface area contributed by atoms with Gasteiger partial charge in [-0.2, -0.15) is 0 Å². The van der Waals surface area contributed by atoms with Gasteiger partial charge in [-0.05, 0) is 25.0 Å². The third-order valence-corrected chi connectivity index (χ3v) is 3.78. The largest absolute Gasteiger partial charge is 0.466 e. The second kappa shape index (κ2) is 8.22. The average molecular weight is 318 g/mol. The van der Waals surface area contributed by atoms with E-state index in [1.165, 1.54) is 27.1 Å². The molecule has 0 amide bonds. The fourth-order valence-corrected chi connectivity index (χ4v) is 2.59. The number of esters is 2. The zero-order valence-electron chi connectivity index (χ0n) is 13.4. The fraction of sp³-hybridized carbons (Fsp3) is 0.412. The first-order chi connectivity index (χ1) is 11.1. The van der Waals surface area contributed by atoms with E-state index in [1.54, 1.807) is 0 Å². The van der Waals surface area contributed by atoms with Gasteiger partial charge in [0.1, 0.15) is 5.70 Å². The predicted octanol–water partition coefficient (Wildman–Crippen LogP) is 2.68. The van der Waals surface area contributed by atoms with Gasteiger partial charge in [-0.1, -0.05) is 25.0 Å². The van der Waals surface area contributed by atoms with Crippen LogP contribution in [-0.4, -0.2) is 32.2 Å². The lowest BCUT2D eigenvalue weighted by molar-refractivity contribution is -0.138. The minimum Gasteiger partial charge on any atom is -0.466 e. The molecule has 124 valence electrons. The Morgan fingerprint density at radius 2 is 1.74 bits per heavy atom. The second-order valence-corrected chi connectivity index (χ2v) is 5.37. The van der Waals surface area contributed by atoms with E-state index in [1.807, 2.05) is 24.3 Å². The summed E-state index contributed by atoms with van der Waals surface area (Å²) in [7, 11) is 2.52. The van der Waals surface area contributed by atoms with Gasteiger partial charge in [-0.15, -0.1) is 0 Å². The molecule has 2 N–H and O–H groups in total. The minimum atomic E-state index is -0.633. The van der Waals surface area contributed by atoms with Gasteiger partial charge < -0.3 is 20.1 Å². The molecule has 23 heavy (non-hydrogen) atoms. The summed E-state index contributed by atoms with van der Waals surface area (Å²) in [4.78, 5) is 23.3. The van der Waals surface area contributed by atoms with E-state index in [9.17, 15) is 9.59 Å². The summed E-state index contributed by atoms with van der Waals surface area (Å²) in [5, 5.41) is 6.44. The maximum Gasteiger partial charge on any atom is 0.354 e. The Labute approximate surface area is 135 Å². The number of anilines is 2. The van der Waals surface area contributed by atoms with Crippen molar-refractivity contribution in [2.75, 3.05) is 24.9 Å². The van der Waals surface area contributed by atoms with Gasteiger partial charge in [0, 0.05) is 6.04 Å². The highest BCUT2D eigenvalue weighted by atomic mass is 16.5. The van der Waals surface area contributed by atoms with E-state index in [4.69, 9.17) is 4.74 Å². The number of methoxy groups -OCH3 is 2. The Morgan fingerprint density at radius 1 is 1.09 bits per heavy atom. The molecule has 0 aliphatic heterocycles. The molecule has 1 aliphatic rings. The molecule has 1 fully saturated rings. The quantitative estimate of drug-likeness (QED) is 0.620. The molecule has 0 saturated heterocycles. The van der Waals surface area contributed by atoms with E-state index in [0.29, 0.717) is 11.7 Å². The highest BCUT2D eigenvalue weighted by Crippen LogP contribution is 2.28. The van der Waals surface area contributed by atoms with E-state index < -0.39 is 11.9 Å². The van der Waals surface area contributed by atoms with Crippen LogP contribution in [0.3, 0.4) is 0 Å². The first-order valence-corrected chi connectivity index (χ1v) is 7.64. The van der Waals surface area contributed by atoms with Crippen molar-refractivity contribution in [1.29, 1.82) is 0 Å². The summed E-state index contributed by atoms with van der Waals surface area (Å²) in [6, 6.07) is 7.99. The zero-order chi connectivity index (χ0) is 16.7. The molecule has 0 bridgehead atoms. The number of nitrogens with one attached hydrogen (secondary N) is 2. The Bertz CT molecular complexity index is 592. The van der Waals surface area contributed by atoms with Gasteiger partial charge in [0.25, 0.3) is 0 Å². The Morgan fingerprint density at radius 3 is 2.35 bits per heavy atom. The Kier molecular flexibility index (Phi) is 6.02. The van der Waals surface area contributed by atoms with Gasteiger partial charge in [0.2, 0.25) is 0 Å². The van der Waals surface area contributed by atoms with Crippen LogP contribution in [0.15, 0.2) is 36.0 Å². The van der Waals surface area contributed by atoms with Crippen LogP contribution >= 0.6 is 0 Å².